The largest absolute Gasteiger partial charge is 0.352 e. The van der Waals surface area contributed by atoms with Crippen LogP contribution in [0, 0.1) is 17.0 Å². The summed E-state index contributed by atoms with van der Waals surface area (Å²) in [4.78, 5) is 12.4. The van der Waals surface area contributed by atoms with Gasteiger partial charge in [0.15, 0.2) is 11.6 Å². The molecule has 1 aliphatic heterocycles. The van der Waals surface area contributed by atoms with Gasteiger partial charge in [-0.3, -0.25) is 4.79 Å². The number of halogens is 2. The average molecular weight is 282 g/mol. The Hall–Kier alpha value is -1.49. The van der Waals surface area contributed by atoms with Crippen molar-refractivity contribution in [1.82, 2.24) is 10.6 Å². The summed E-state index contributed by atoms with van der Waals surface area (Å²) in [6.07, 6.45) is 2.61. The molecule has 3 nitrogen and oxygen atoms in total. The Bertz CT molecular complexity index is 485. The second kappa shape index (κ2) is 6.31. The fraction of sp³-hybridized carbons (Fsp3) is 0.533. The molecule has 2 N–H and O–H groups in total. The Morgan fingerprint density at radius 2 is 2.20 bits per heavy atom. The summed E-state index contributed by atoms with van der Waals surface area (Å²) in [5, 5.41) is 6.09. The van der Waals surface area contributed by atoms with Gasteiger partial charge in [0.2, 0.25) is 5.91 Å². The molecule has 1 aliphatic rings. The second-order valence-corrected chi connectivity index (χ2v) is 5.35. The third-order valence-corrected chi connectivity index (χ3v) is 4.07. The van der Waals surface area contributed by atoms with Crippen molar-refractivity contribution in [2.24, 2.45) is 5.41 Å². The van der Waals surface area contributed by atoms with Gasteiger partial charge in [-0.05, 0) is 43.5 Å². The summed E-state index contributed by atoms with van der Waals surface area (Å²) < 4.78 is 25.9. The van der Waals surface area contributed by atoms with Crippen molar-refractivity contribution in [3.63, 3.8) is 0 Å². The maximum absolute atomic E-state index is 13.1. The first-order valence-corrected chi connectivity index (χ1v) is 7.00. The molecule has 5 heteroatoms. The zero-order valence-electron chi connectivity index (χ0n) is 11.6. The highest BCUT2D eigenvalue weighted by Crippen LogP contribution is 2.30. The van der Waals surface area contributed by atoms with E-state index in [9.17, 15) is 13.6 Å². The normalized spacial score (nSPS) is 22.6. The smallest absolute Gasteiger partial charge is 0.227 e. The minimum Gasteiger partial charge on any atom is -0.352 e. The lowest BCUT2D eigenvalue weighted by Crippen LogP contribution is -2.50. The number of benzene rings is 1. The molecule has 0 aromatic heterocycles. The minimum absolute atomic E-state index is 0.0167. The van der Waals surface area contributed by atoms with Gasteiger partial charge in [0.05, 0.1) is 5.41 Å². The molecule has 1 heterocycles. The lowest BCUT2D eigenvalue weighted by Gasteiger charge is -2.35. The lowest BCUT2D eigenvalue weighted by atomic mass is 9.77. The van der Waals surface area contributed by atoms with Crippen LogP contribution in [0.25, 0.3) is 0 Å². The first-order valence-electron chi connectivity index (χ1n) is 7.00. The van der Waals surface area contributed by atoms with Crippen LogP contribution < -0.4 is 10.6 Å². The monoisotopic (exact) mass is 282 g/mol. The van der Waals surface area contributed by atoms with Crippen molar-refractivity contribution in [2.75, 3.05) is 13.1 Å². The van der Waals surface area contributed by atoms with Crippen molar-refractivity contribution in [3.8, 4) is 0 Å². The van der Waals surface area contributed by atoms with Crippen molar-refractivity contribution in [2.45, 2.75) is 32.7 Å². The minimum atomic E-state index is -0.888. The number of hydrogen-bond donors (Lipinski definition) is 2. The number of hydrogen-bond acceptors (Lipinski definition) is 2. The molecule has 0 bridgehead atoms. The van der Waals surface area contributed by atoms with Crippen LogP contribution in [0.15, 0.2) is 18.2 Å². The molecule has 1 atom stereocenters. The van der Waals surface area contributed by atoms with Gasteiger partial charge < -0.3 is 10.6 Å². The highest BCUT2D eigenvalue weighted by atomic mass is 19.2. The molecule has 110 valence electrons. The molecule has 1 amide bonds. The van der Waals surface area contributed by atoms with Crippen molar-refractivity contribution in [3.05, 3.63) is 35.4 Å². The van der Waals surface area contributed by atoms with E-state index in [2.05, 4.69) is 10.6 Å². The molecule has 0 radical (unpaired) electrons. The molecular formula is C15H20F2N2O. The summed E-state index contributed by atoms with van der Waals surface area (Å²) in [5.41, 5.74) is 0.184. The molecule has 1 unspecified atom stereocenters. The Morgan fingerprint density at radius 1 is 1.40 bits per heavy atom. The van der Waals surface area contributed by atoms with E-state index in [1.165, 1.54) is 6.07 Å². The van der Waals surface area contributed by atoms with Gasteiger partial charge in [-0.1, -0.05) is 13.0 Å². The summed E-state index contributed by atoms with van der Waals surface area (Å²) in [5.74, 6) is -1.78. The third-order valence-electron chi connectivity index (χ3n) is 4.07. The number of piperidine rings is 1. The van der Waals surface area contributed by atoms with Crippen molar-refractivity contribution >= 4 is 5.91 Å². The molecule has 2 rings (SSSR count). The van der Waals surface area contributed by atoms with Crippen LogP contribution in [0.3, 0.4) is 0 Å². The predicted octanol–water partition coefficient (Wildman–Crippen LogP) is 2.36. The molecular weight excluding hydrogens is 262 g/mol. The fourth-order valence-corrected chi connectivity index (χ4v) is 2.64. The van der Waals surface area contributed by atoms with E-state index < -0.39 is 11.6 Å². The van der Waals surface area contributed by atoms with E-state index in [1.807, 2.05) is 6.92 Å². The number of amides is 1. The summed E-state index contributed by atoms with van der Waals surface area (Å²) in [7, 11) is 0. The van der Waals surface area contributed by atoms with Gasteiger partial charge in [0, 0.05) is 13.1 Å². The van der Waals surface area contributed by atoms with E-state index in [0.717, 1.165) is 37.9 Å². The first kappa shape index (κ1) is 14.9. The number of rotatable bonds is 4. The van der Waals surface area contributed by atoms with Crippen LogP contribution in [0.5, 0.6) is 0 Å². The summed E-state index contributed by atoms with van der Waals surface area (Å²) >= 11 is 0. The topological polar surface area (TPSA) is 41.1 Å². The van der Waals surface area contributed by atoms with Gasteiger partial charge in [-0.2, -0.15) is 0 Å². The molecule has 0 aliphatic carbocycles. The molecule has 1 aromatic carbocycles. The van der Waals surface area contributed by atoms with Crippen LogP contribution in [-0.2, 0) is 11.3 Å². The predicted molar refractivity (Wildman–Crippen MR) is 73.0 cm³/mol. The SMILES string of the molecule is CCC1(C(=O)NCc2ccc(F)c(F)c2)CCCNC1. The quantitative estimate of drug-likeness (QED) is 0.890. The number of carbonyl (C=O) groups excluding carboxylic acids is 1. The summed E-state index contributed by atoms with van der Waals surface area (Å²) in [6, 6.07) is 3.68. The standard InChI is InChI=1S/C15H20F2N2O/c1-2-15(6-3-7-18-10-15)14(20)19-9-11-4-5-12(16)13(17)8-11/h4-5,8,18H,2-3,6-7,9-10H2,1H3,(H,19,20). The van der Waals surface area contributed by atoms with Crippen LogP contribution in [0.2, 0.25) is 0 Å². The van der Waals surface area contributed by atoms with Crippen LogP contribution in [0.4, 0.5) is 8.78 Å². The Balaban J connectivity index is 1.98. The van der Waals surface area contributed by atoms with Crippen LogP contribution in [0.1, 0.15) is 31.7 Å². The summed E-state index contributed by atoms with van der Waals surface area (Å²) in [6.45, 7) is 3.84. The molecule has 0 spiro atoms. The molecule has 20 heavy (non-hydrogen) atoms. The van der Waals surface area contributed by atoms with Gasteiger partial charge >= 0.3 is 0 Å². The Kier molecular flexibility index (Phi) is 4.70. The maximum atomic E-state index is 13.1. The lowest BCUT2D eigenvalue weighted by molar-refractivity contribution is -0.132. The highest BCUT2D eigenvalue weighted by molar-refractivity contribution is 5.83. The van der Waals surface area contributed by atoms with Crippen molar-refractivity contribution < 1.29 is 13.6 Å². The molecule has 1 saturated heterocycles. The number of carbonyl (C=O) groups is 1. The van der Waals surface area contributed by atoms with Gasteiger partial charge in [-0.15, -0.1) is 0 Å². The average Bonchev–Trinajstić information content (AvgIpc) is 2.48. The van der Waals surface area contributed by atoms with Gasteiger partial charge in [0.25, 0.3) is 0 Å². The van der Waals surface area contributed by atoms with Crippen molar-refractivity contribution in [1.29, 1.82) is 0 Å². The first-order chi connectivity index (χ1) is 9.57. The van der Waals surface area contributed by atoms with E-state index in [0.29, 0.717) is 12.1 Å². The number of nitrogens with one attached hydrogen (secondary N) is 2. The molecule has 1 fully saturated rings. The fourth-order valence-electron chi connectivity index (χ4n) is 2.64. The zero-order chi connectivity index (χ0) is 14.6. The van der Waals surface area contributed by atoms with E-state index in [1.54, 1.807) is 0 Å². The Morgan fingerprint density at radius 3 is 2.80 bits per heavy atom. The van der Waals surface area contributed by atoms with E-state index in [4.69, 9.17) is 0 Å². The maximum Gasteiger partial charge on any atom is 0.227 e. The third kappa shape index (κ3) is 3.15. The van der Waals surface area contributed by atoms with Crippen LogP contribution in [-0.4, -0.2) is 19.0 Å². The zero-order valence-corrected chi connectivity index (χ0v) is 11.6. The van der Waals surface area contributed by atoms with Gasteiger partial charge in [0.1, 0.15) is 0 Å². The Labute approximate surface area is 117 Å². The van der Waals surface area contributed by atoms with E-state index >= 15 is 0 Å². The molecule has 1 aromatic rings. The highest BCUT2D eigenvalue weighted by Gasteiger charge is 2.37. The van der Waals surface area contributed by atoms with Crippen LogP contribution >= 0.6 is 0 Å². The second-order valence-electron chi connectivity index (χ2n) is 5.35. The molecule has 0 saturated carbocycles. The van der Waals surface area contributed by atoms with Gasteiger partial charge in [-0.25, -0.2) is 8.78 Å². The van der Waals surface area contributed by atoms with E-state index in [-0.39, 0.29) is 17.9 Å².